The molecule has 6 rings (SSSR count). The summed E-state index contributed by atoms with van der Waals surface area (Å²) in [6.45, 7) is 72.1. The molecule has 0 atom stereocenters. The van der Waals surface area contributed by atoms with Gasteiger partial charge in [-0.3, -0.25) is 0 Å². The molecule has 0 saturated carbocycles. The van der Waals surface area contributed by atoms with Gasteiger partial charge in [0, 0.05) is 38.8 Å². The van der Waals surface area contributed by atoms with Crippen molar-refractivity contribution in [2.24, 2.45) is 0 Å². The second kappa shape index (κ2) is 24.6. The fourth-order valence-corrected chi connectivity index (χ4v) is 12.7. The highest BCUT2D eigenvalue weighted by atomic mass is 31.2. The standard InChI is InChI=1S/C79H114O6P2/c1-69(2,3)51-33-39-63(57(45-51)73(13,14)15)80-86(81-64-40-34-52(70(4,5)6)46-58(64)74(16,17)18)84-67-43-37-55(49-61(67)77(25,26)27)79(31,32)56-38-44-68(62(50-56)78(28,29)30)85-87(82-65-41-35-53(71(7,8)9)47-59(65)75(19,20)21)83-66-42-36-54(72(10,11)12)48-60(66)76(22,23)24/h33-50H,1-32H3. The predicted octanol–water partition coefficient (Wildman–Crippen LogP) is 24.5. The zero-order valence-corrected chi connectivity index (χ0v) is 62.0. The van der Waals surface area contributed by atoms with Crippen LogP contribution >= 0.6 is 17.2 Å². The van der Waals surface area contributed by atoms with Crippen molar-refractivity contribution < 1.29 is 27.1 Å². The highest BCUT2D eigenvalue weighted by Crippen LogP contribution is 2.54. The first-order valence-electron chi connectivity index (χ1n) is 31.7. The van der Waals surface area contributed by atoms with Gasteiger partial charge in [0.05, 0.1) is 0 Å². The maximum Gasteiger partial charge on any atom is 0.530 e. The third-order valence-corrected chi connectivity index (χ3v) is 18.7. The Balaban J connectivity index is 1.48. The van der Waals surface area contributed by atoms with E-state index in [0.717, 1.165) is 79.0 Å². The zero-order chi connectivity index (χ0) is 66.0. The third kappa shape index (κ3) is 17.7. The zero-order valence-electron chi connectivity index (χ0n) is 60.2. The van der Waals surface area contributed by atoms with E-state index in [4.69, 9.17) is 27.1 Å². The molecule has 0 saturated heterocycles. The molecule has 87 heavy (non-hydrogen) atoms. The van der Waals surface area contributed by atoms with Crippen molar-refractivity contribution in [1.29, 1.82) is 0 Å². The number of benzene rings is 6. The summed E-state index contributed by atoms with van der Waals surface area (Å²) in [7, 11) is -4.12. The first-order valence-corrected chi connectivity index (χ1v) is 33.9. The molecule has 0 radical (unpaired) electrons. The highest BCUT2D eigenvalue weighted by molar-refractivity contribution is 7.43. The van der Waals surface area contributed by atoms with Gasteiger partial charge in [-0.15, -0.1) is 0 Å². The second-order valence-corrected chi connectivity index (χ2v) is 37.4. The van der Waals surface area contributed by atoms with Gasteiger partial charge >= 0.3 is 17.2 Å². The molecular weight excluding hydrogens is 1110 g/mol. The Morgan fingerprint density at radius 1 is 0.184 bits per heavy atom. The number of rotatable bonds is 14. The van der Waals surface area contributed by atoms with Crippen LogP contribution in [-0.4, -0.2) is 0 Å². The lowest BCUT2D eigenvalue weighted by molar-refractivity contribution is 0.370. The van der Waals surface area contributed by atoms with Crippen LogP contribution in [0.4, 0.5) is 0 Å². The molecular formula is C79H114O6P2. The van der Waals surface area contributed by atoms with Crippen LogP contribution in [0.15, 0.2) is 109 Å². The maximum absolute atomic E-state index is 7.26. The molecule has 6 nitrogen and oxygen atoms in total. The average Bonchev–Trinajstić information content (AvgIpc) is 0.919. The van der Waals surface area contributed by atoms with E-state index in [1.54, 1.807) is 0 Å². The Labute approximate surface area is 533 Å². The van der Waals surface area contributed by atoms with Crippen molar-refractivity contribution >= 4 is 17.2 Å². The molecule has 0 aliphatic carbocycles. The van der Waals surface area contributed by atoms with Gasteiger partial charge in [-0.2, -0.15) is 0 Å². The van der Waals surface area contributed by atoms with Crippen LogP contribution in [0.1, 0.15) is 288 Å². The molecule has 0 aliphatic rings. The molecule has 0 N–H and O–H groups in total. The molecule has 0 spiro atoms. The lowest BCUT2D eigenvalue weighted by Gasteiger charge is -2.33. The van der Waals surface area contributed by atoms with E-state index in [2.05, 4.69) is 331 Å². The van der Waals surface area contributed by atoms with Crippen molar-refractivity contribution in [3.05, 3.63) is 176 Å². The number of hydrogen-bond donors (Lipinski definition) is 0. The SMILES string of the molecule is CC(C)(C)c1ccc(OP(Oc2ccc(C(C)(C)C)cc2C(C)(C)C)Oc2ccc(C(C)(C)c3ccc(OP(Oc4ccc(C(C)(C)C)cc4C(C)(C)C)Oc4ccc(C(C)(C)C)cc4C(C)(C)C)c(C(C)(C)C)c3)cc2C(C)(C)C)c(C(C)(C)C)c1. The van der Waals surface area contributed by atoms with Gasteiger partial charge in [-0.05, 0) is 124 Å². The Morgan fingerprint density at radius 3 is 0.460 bits per heavy atom. The van der Waals surface area contributed by atoms with E-state index < -0.39 is 22.6 Å². The van der Waals surface area contributed by atoms with Gasteiger partial charge in [0.1, 0.15) is 34.5 Å². The van der Waals surface area contributed by atoms with Gasteiger partial charge in [0.2, 0.25) is 0 Å². The monoisotopic (exact) mass is 1220 g/mol. The van der Waals surface area contributed by atoms with Crippen molar-refractivity contribution in [2.75, 3.05) is 0 Å². The largest absolute Gasteiger partial charge is 0.530 e. The van der Waals surface area contributed by atoms with Crippen LogP contribution in [0.25, 0.3) is 0 Å². The fraction of sp³-hybridized carbons (Fsp3) is 0.544. The lowest BCUT2D eigenvalue weighted by Crippen LogP contribution is -2.23. The van der Waals surface area contributed by atoms with E-state index in [9.17, 15) is 0 Å². The molecule has 0 aliphatic heterocycles. The van der Waals surface area contributed by atoms with Gasteiger partial charge in [0.15, 0.2) is 0 Å². The molecule has 6 aromatic carbocycles. The summed E-state index contributed by atoms with van der Waals surface area (Å²) in [6.07, 6.45) is 0. The van der Waals surface area contributed by atoms with Crippen LogP contribution < -0.4 is 27.1 Å². The van der Waals surface area contributed by atoms with E-state index in [0.29, 0.717) is 0 Å². The van der Waals surface area contributed by atoms with E-state index >= 15 is 0 Å². The predicted molar refractivity (Wildman–Crippen MR) is 375 cm³/mol. The van der Waals surface area contributed by atoms with E-state index in [1.807, 2.05) is 0 Å². The minimum Gasteiger partial charge on any atom is -0.408 e. The van der Waals surface area contributed by atoms with Crippen LogP contribution in [-0.2, 0) is 59.6 Å². The highest BCUT2D eigenvalue weighted by Gasteiger charge is 2.37. The third-order valence-electron chi connectivity index (χ3n) is 16.7. The van der Waals surface area contributed by atoms with Crippen molar-refractivity contribution in [2.45, 2.75) is 281 Å². The fourth-order valence-electron chi connectivity index (χ4n) is 10.6. The van der Waals surface area contributed by atoms with Gasteiger partial charge < -0.3 is 27.1 Å². The molecule has 0 heterocycles. The average molecular weight is 1220 g/mol. The topological polar surface area (TPSA) is 55.4 Å². The van der Waals surface area contributed by atoms with Crippen LogP contribution in [0.2, 0.25) is 0 Å². The Hall–Kier alpha value is -5.02. The molecule has 6 aromatic rings. The number of hydrogen-bond acceptors (Lipinski definition) is 6. The summed E-state index contributed by atoms with van der Waals surface area (Å²) in [4.78, 5) is 0. The Kier molecular flexibility index (Phi) is 20.1. The molecule has 0 unspecified atom stereocenters. The van der Waals surface area contributed by atoms with Gasteiger partial charge in [-0.25, -0.2) is 0 Å². The van der Waals surface area contributed by atoms with Gasteiger partial charge in [0.25, 0.3) is 0 Å². The summed E-state index contributed by atoms with van der Waals surface area (Å²) in [5, 5.41) is 0. The summed E-state index contributed by atoms with van der Waals surface area (Å²) in [6, 6.07) is 39.7. The summed E-state index contributed by atoms with van der Waals surface area (Å²) in [5.41, 5.74) is 11.6. The smallest absolute Gasteiger partial charge is 0.408 e. The molecule has 8 heteroatoms. The second-order valence-electron chi connectivity index (χ2n) is 35.4. The Morgan fingerprint density at radius 2 is 0.322 bits per heavy atom. The maximum atomic E-state index is 7.26. The molecule has 0 amide bonds. The first-order chi connectivity index (χ1) is 39.2. The van der Waals surface area contributed by atoms with Crippen molar-refractivity contribution in [1.82, 2.24) is 0 Å². The molecule has 0 fully saturated rings. The van der Waals surface area contributed by atoms with E-state index in [-0.39, 0.29) is 54.1 Å². The summed E-state index contributed by atoms with van der Waals surface area (Å²) >= 11 is 0. The summed E-state index contributed by atoms with van der Waals surface area (Å²) in [5.74, 6) is 4.45. The van der Waals surface area contributed by atoms with Crippen LogP contribution in [0.3, 0.4) is 0 Å². The van der Waals surface area contributed by atoms with Crippen molar-refractivity contribution in [3.63, 3.8) is 0 Å². The normalized spacial score (nSPS) is 13.7. The van der Waals surface area contributed by atoms with Crippen molar-refractivity contribution in [3.8, 4) is 34.5 Å². The summed E-state index contributed by atoms with van der Waals surface area (Å²) < 4.78 is 43.2. The molecule has 476 valence electrons. The van der Waals surface area contributed by atoms with Gasteiger partial charge in [-0.1, -0.05) is 294 Å². The Bertz CT molecular complexity index is 3000. The van der Waals surface area contributed by atoms with Crippen LogP contribution in [0.5, 0.6) is 34.5 Å². The molecule has 0 aromatic heterocycles. The molecule has 0 bridgehead atoms. The van der Waals surface area contributed by atoms with Crippen LogP contribution in [0, 0.1) is 0 Å². The minimum atomic E-state index is -2.06. The first kappa shape index (κ1) is 71.1. The van der Waals surface area contributed by atoms with E-state index in [1.165, 1.54) is 22.3 Å². The quantitative estimate of drug-likeness (QED) is 0.101. The lowest BCUT2D eigenvalue weighted by atomic mass is 9.73. The minimum absolute atomic E-state index is 0.0470.